The standard InChI is InChI=1S/C5H7N3O2.C4H4BrN3O2.C4H7N3/c1-4-5(8(9)10)6-3-7(4)2;1-7-2-6-4(3(7)5)8(9)10;1-3-4(5)7-2-6-3/h3H,1-2H3;2H,1H3;2H,5H2,1H3,(H,6,7). The normalized spacial score (nSPS) is 9.67. The number of nitrogen functional groups attached to an aromatic ring is 1. The second-order valence-corrected chi connectivity index (χ2v) is 5.91. The minimum Gasteiger partial charge on any atom is -0.382 e. The Kier molecular flexibility index (Phi) is 7.59. The van der Waals surface area contributed by atoms with Crippen molar-refractivity contribution in [3.8, 4) is 0 Å². The van der Waals surface area contributed by atoms with E-state index in [2.05, 4.69) is 35.9 Å². The van der Waals surface area contributed by atoms with Crippen LogP contribution in [0.5, 0.6) is 0 Å². The Balaban J connectivity index is 0.000000206. The summed E-state index contributed by atoms with van der Waals surface area (Å²) in [7, 11) is 3.39. The lowest BCUT2D eigenvalue weighted by Crippen LogP contribution is -1.93. The molecule has 13 nitrogen and oxygen atoms in total. The first kappa shape index (κ1) is 21.8. The molecule has 14 heteroatoms. The van der Waals surface area contributed by atoms with Crippen LogP contribution < -0.4 is 5.73 Å². The van der Waals surface area contributed by atoms with Crippen molar-refractivity contribution in [2.75, 3.05) is 5.73 Å². The van der Waals surface area contributed by atoms with Crippen LogP contribution in [0.3, 0.4) is 0 Å². The molecule has 0 aliphatic rings. The summed E-state index contributed by atoms with van der Waals surface area (Å²) >= 11 is 3.01. The van der Waals surface area contributed by atoms with Gasteiger partial charge >= 0.3 is 11.6 Å². The van der Waals surface area contributed by atoms with Crippen molar-refractivity contribution >= 4 is 33.4 Å². The molecule has 0 atom stereocenters. The van der Waals surface area contributed by atoms with Crippen LogP contribution in [0.15, 0.2) is 23.6 Å². The first-order chi connectivity index (χ1) is 12.6. The summed E-state index contributed by atoms with van der Waals surface area (Å²) in [6.45, 7) is 3.54. The Morgan fingerprint density at radius 3 is 1.74 bits per heavy atom. The lowest BCUT2D eigenvalue weighted by atomic mass is 10.5. The summed E-state index contributed by atoms with van der Waals surface area (Å²) < 4.78 is 3.52. The highest BCUT2D eigenvalue weighted by Gasteiger charge is 2.16. The number of nitrogens with two attached hydrogens (primary N) is 1. The van der Waals surface area contributed by atoms with E-state index < -0.39 is 9.85 Å². The maximum Gasteiger partial charge on any atom is 0.396 e. The number of rotatable bonds is 2. The van der Waals surface area contributed by atoms with E-state index in [9.17, 15) is 20.2 Å². The molecule has 0 unspecified atom stereocenters. The maximum absolute atomic E-state index is 10.2. The zero-order valence-corrected chi connectivity index (χ0v) is 16.5. The Morgan fingerprint density at radius 1 is 1.04 bits per heavy atom. The van der Waals surface area contributed by atoms with Gasteiger partial charge in [0.2, 0.25) is 12.7 Å². The van der Waals surface area contributed by atoms with Crippen molar-refractivity contribution in [3.05, 3.63) is 55.2 Å². The van der Waals surface area contributed by atoms with E-state index in [1.54, 1.807) is 31.9 Å². The van der Waals surface area contributed by atoms with Gasteiger partial charge < -0.3 is 40.1 Å². The molecule has 0 bridgehead atoms. The van der Waals surface area contributed by atoms with Gasteiger partial charge in [0, 0.05) is 14.1 Å². The molecule has 3 rings (SSSR count). The first-order valence-electron chi connectivity index (χ1n) is 7.25. The SMILES string of the molecule is Cc1[nH]cnc1N.Cc1c([N+](=O)[O-])ncn1C.Cn1cnc([N+](=O)[O-])c1Br. The number of hydrogen-bond acceptors (Lipinski definition) is 8. The fourth-order valence-corrected chi connectivity index (χ4v) is 1.89. The molecule has 3 N–H and O–H groups in total. The third-order valence-corrected chi connectivity index (χ3v) is 4.18. The highest BCUT2D eigenvalue weighted by molar-refractivity contribution is 9.10. The van der Waals surface area contributed by atoms with Crippen LogP contribution in [0.4, 0.5) is 17.5 Å². The molecule has 3 aromatic rings. The molecule has 146 valence electrons. The van der Waals surface area contributed by atoms with Gasteiger partial charge in [0.15, 0.2) is 4.60 Å². The van der Waals surface area contributed by atoms with Gasteiger partial charge in [-0.25, -0.2) is 4.98 Å². The molecule has 0 aliphatic heterocycles. The van der Waals surface area contributed by atoms with Crippen LogP contribution in [0.1, 0.15) is 11.4 Å². The van der Waals surface area contributed by atoms with E-state index in [1.165, 1.54) is 17.2 Å². The van der Waals surface area contributed by atoms with Crippen molar-refractivity contribution in [1.82, 2.24) is 29.1 Å². The number of halogens is 1. The molecule has 27 heavy (non-hydrogen) atoms. The van der Waals surface area contributed by atoms with Gasteiger partial charge in [0.05, 0.1) is 12.0 Å². The second-order valence-electron chi connectivity index (χ2n) is 5.16. The minimum atomic E-state index is -0.538. The molecule has 0 aromatic carbocycles. The maximum atomic E-state index is 10.2. The summed E-state index contributed by atoms with van der Waals surface area (Å²) in [4.78, 5) is 33.0. The minimum absolute atomic E-state index is 0.0671. The number of hydrogen-bond donors (Lipinski definition) is 2. The second kappa shape index (κ2) is 9.42. The average molecular weight is 444 g/mol. The third-order valence-electron chi connectivity index (χ3n) is 3.27. The molecule has 0 saturated carbocycles. The van der Waals surface area contributed by atoms with Crippen molar-refractivity contribution in [3.63, 3.8) is 0 Å². The predicted molar refractivity (Wildman–Crippen MR) is 99.9 cm³/mol. The zero-order chi connectivity index (χ0) is 20.7. The molecule has 3 aromatic heterocycles. The molecule has 3 heterocycles. The summed E-state index contributed by atoms with van der Waals surface area (Å²) in [5, 5.41) is 20.3. The quantitative estimate of drug-likeness (QED) is 0.445. The van der Waals surface area contributed by atoms with Crippen LogP contribution in [-0.4, -0.2) is 38.9 Å². The van der Waals surface area contributed by atoms with Gasteiger partial charge in [-0.15, -0.1) is 0 Å². The summed E-state index contributed by atoms with van der Waals surface area (Å²) in [5.41, 5.74) is 6.80. The van der Waals surface area contributed by atoms with Crippen molar-refractivity contribution in [1.29, 1.82) is 0 Å². The summed E-state index contributed by atoms with van der Waals surface area (Å²) in [5.74, 6) is 0.366. The van der Waals surface area contributed by atoms with Gasteiger partial charge in [-0.3, -0.25) is 0 Å². The number of aromatic nitrogens is 6. The third kappa shape index (κ3) is 5.88. The average Bonchev–Trinajstić information content (AvgIpc) is 3.24. The largest absolute Gasteiger partial charge is 0.396 e. The van der Waals surface area contributed by atoms with E-state index in [0.717, 1.165) is 5.69 Å². The van der Waals surface area contributed by atoms with Gasteiger partial charge in [0.25, 0.3) is 0 Å². The number of aryl methyl sites for hydroxylation is 3. The number of nitro groups is 2. The van der Waals surface area contributed by atoms with Crippen LogP contribution in [-0.2, 0) is 14.1 Å². The van der Waals surface area contributed by atoms with E-state index in [0.29, 0.717) is 16.1 Å². The molecule has 0 fully saturated rings. The summed E-state index contributed by atoms with van der Waals surface area (Å²) in [6.07, 6.45) is 4.38. The molecule has 0 radical (unpaired) electrons. The number of H-pyrrole nitrogens is 1. The topological polar surface area (TPSA) is 177 Å². The van der Waals surface area contributed by atoms with Crippen molar-refractivity contribution in [2.45, 2.75) is 13.8 Å². The Bertz CT molecular complexity index is 858. The molecule has 0 aliphatic carbocycles. The molecule has 0 spiro atoms. The van der Waals surface area contributed by atoms with E-state index in [-0.39, 0.29) is 11.6 Å². The molecular formula is C13H18BrN9O4. The molecular weight excluding hydrogens is 426 g/mol. The van der Waals surface area contributed by atoms with Crippen molar-refractivity contribution in [2.24, 2.45) is 14.1 Å². The highest BCUT2D eigenvalue weighted by Crippen LogP contribution is 2.20. The number of anilines is 1. The fourth-order valence-electron chi connectivity index (χ4n) is 1.55. The summed E-state index contributed by atoms with van der Waals surface area (Å²) in [6, 6.07) is 0. The Morgan fingerprint density at radius 2 is 1.56 bits per heavy atom. The predicted octanol–water partition coefficient (Wildman–Crippen LogP) is 2.03. The van der Waals surface area contributed by atoms with Gasteiger partial charge in [-0.2, -0.15) is 0 Å². The molecule has 0 amide bonds. The van der Waals surface area contributed by atoms with Crippen molar-refractivity contribution < 1.29 is 9.85 Å². The molecule has 0 saturated heterocycles. The number of nitrogens with zero attached hydrogens (tertiary/aromatic N) is 7. The number of nitrogens with one attached hydrogen (secondary N) is 1. The lowest BCUT2D eigenvalue weighted by molar-refractivity contribution is -0.390. The van der Waals surface area contributed by atoms with Crippen LogP contribution in [0.25, 0.3) is 0 Å². The Hall–Kier alpha value is -3.29. The van der Waals surface area contributed by atoms with Crippen LogP contribution in [0.2, 0.25) is 0 Å². The zero-order valence-electron chi connectivity index (χ0n) is 15.0. The van der Waals surface area contributed by atoms with Crippen LogP contribution >= 0.6 is 15.9 Å². The smallest absolute Gasteiger partial charge is 0.382 e. The number of aromatic amines is 1. The lowest BCUT2D eigenvalue weighted by Gasteiger charge is -1.90. The van der Waals surface area contributed by atoms with Gasteiger partial charge in [0.1, 0.15) is 11.5 Å². The number of imidazole rings is 3. The monoisotopic (exact) mass is 443 g/mol. The highest BCUT2D eigenvalue weighted by atomic mass is 79.9. The van der Waals surface area contributed by atoms with Gasteiger partial charge in [-0.05, 0) is 49.6 Å². The Labute approximate surface area is 161 Å². The fraction of sp³-hybridized carbons (Fsp3) is 0.308. The van der Waals surface area contributed by atoms with Gasteiger partial charge in [-0.1, -0.05) is 0 Å². The van der Waals surface area contributed by atoms with E-state index in [4.69, 9.17) is 5.73 Å². The van der Waals surface area contributed by atoms with Crippen LogP contribution in [0, 0.1) is 34.1 Å². The first-order valence-corrected chi connectivity index (χ1v) is 8.04. The van der Waals surface area contributed by atoms with E-state index >= 15 is 0 Å². The van der Waals surface area contributed by atoms with E-state index in [1.807, 2.05) is 6.92 Å².